The maximum Gasteiger partial charge on any atom is 0.283 e. The van der Waals surface area contributed by atoms with Crippen molar-refractivity contribution in [3.05, 3.63) is 21.0 Å². The van der Waals surface area contributed by atoms with Crippen molar-refractivity contribution in [2.75, 3.05) is 18.5 Å². The molecule has 1 aromatic rings. The first-order valence-corrected chi connectivity index (χ1v) is 6.90. The SMILES string of the molecule is CC(C)n1ncc(NCC2(CO)CC2)c(Br)c1=O. The number of hydrogen-bond acceptors (Lipinski definition) is 4. The highest BCUT2D eigenvalue weighted by molar-refractivity contribution is 9.10. The molecule has 0 spiro atoms. The number of aliphatic hydroxyl groups is 1. The largest absolute Gasteiger partial charge is 0.396 e. The fourth-order valence-electron chi connectivity index (χ4n) is 1.79. The van der Waals surface area contributed by atoms with Gasteiger partial charge in [-0.3, -0.25) is 4.79 Å². The lowest BCUT2D eigenvalue weighted by Gasteiger charge is -2.16. The molecule has 2 rings (SSSR count). The molecule has 0 bridgehead atoms. The molecule has 0 unspecified atom stereocenters. The van der Waals surface area contributed by atoms with Crippen molar-refractivity contribution in [3.63, 3.8) is 0 Å². The van der Waals surface area contributed by atoms with E-state index in [0.29, 0.717) is 16.7 Å². The van der Waals surface area contributed by atoms with Crippen LogP contribution in [-0.4, -0.2) is 28.0 Å². The van der Waals surface area contributed by atoms with Gasteiger partial charge in [-0.1, -0.05) is 0 Å². The Morgan fingerprint density at radius 3 is 2.78 bits per heavy atom. The Balaban J connectivity index is 2.15. The van der Waals surface area contributed by atoms with Crippen molar-refractivity contribution in [1.29, 1.82) is 0 Å². The molecule has 0 amide bonds. The third-order valence-corrected chi connectivity index (χ3v) is 4.15. The molecule has 1 aliphatic rings. The third kappa shape index (κ3) is 2.59. The van der Waals surface area contributed by atoms with Crippen LogP contribution in [0.4, 0.5) is 5.69 Å². The van der Waals surface area contributed by atoms with E-state index < -0.39 is 0 Å². The highest BCUT2D eigenvalue weighted by Crippen LogP contribution is 2.45. The highest BCUT2D eigenvalue weighted by atomic mass is 79.9. The average Bonchev–Trinajstić information content (AvgIpc) is 3.11. The van der Waals surface area contributed by atoms with Gasteiger partial charge in [-0.25, -0.2) is 4.68 Å². The van der Waals surface area contributed by atoms with Gasteiger partial charge in [0.1, 0.15) is 4.47 Å². The van der Waals surface area contributed by atoms with E-state index in [4.69, 9.17) is 0 Å². The smallest absolute Gasteiger partial charge is 0.283 e. The van der Waals surface area contributed by atoms with Crippen molar-refractivity contribution < 1.29 is 5.11 Å². The van der Waals surface area contributed by atoms with Crippen LogP contribution in [0.5, 0.6) is 0 Å². The lowest BCUT2D eigenvalue weighted by Crippen LogP contribution is -2.27. The molecule has 6 heteroatoms. The van der Waals surface area contributed by atoms with E-state index in [9.17, 15) is 9.90 Å². The summed E-state index contributed by atoms with van der Waals surface area (Å²) in [6.45, 7) is 4.70. The van der Waals surface area contributed by atoms with E-state index in [2.05, 4.69) is 26.3 Å². The fraction of sp³-hybridized carbons (Fsp3) is 0.667. The Labute approximate surface area is 114 Å². The Bertz CT molecular complexity index is 495. The van der Waals surface area contributed by atoms with Gasteiger partial charge in [0.05, 0.1) is 24.5 Å². The van der Waals surface area contributed by atoms with Crippen LogP contribution in [0.1, 0.15) is 32.7 Å². The van der Waals surface area contributed by atoms with Crippen LogP contribution >= 0.6 is 15.9 Å². The monoisotopic (exact) mass is 315 g/mol. The van der Waals surface area contributed by atoms with Crippen LogP contribution in [0.15, 0.2) is 15.5 Å². The molecule has 1 heterocycles. The lowest BCUT2D eigenvalue weighted by molar-refractivity contribution is 0.219. The zero-order valence-corrected chi connectivity index (χ0v) is 12.2. The standard InChI is InChI=1S/C12H18BrN3O2/c1-8(2)16-11(18)10(13)9(5-15-16)14-6-12(7-17)3-4-12/h5,8,14,17H,3-4,6-7H2,1-2H3. The Morgan fingerprint density at radius 2 is 2.28 bits per heavy atom. The Morgan fingerprint density at radius 1 is 1.61 bits per heavy atom. The number of hydrogen-bond donors (Lipinski definition) is 2. The fourth-order valence-corrected chi connectivity index (χ4v) is 2.21. The molecule has 1 saturated carbocycles. The van der Waals surface area contributed by atoms with Gasteiger partial charge in [0.25, 0.3) is 5.56 Å². The molecule has 0 aromatic carbocycles. The van der Waals surface area contributed by atoms with Crippen LogP contribution in [0.3, 0.4) is 0 Å². The van der Waals surface area contributed by atoms with E-state index >= 15 is 0 Å². The molecule has 0 saturated heterocycles. The van der Waals surface area contributed by atoms with Crippen LogP contribution < -0.4 is 10.9 Å². The van der Waals surface area contributed by atoms with E-state index in [1.165, 1.54) is 4.68 Å². The zero-order valence-electron chi connectivity index (χ0n) is 10.6. The molecule has 0 aliphatic heterocycles. The van der Waals surface area contributed by atoms with Gasteiger partial charge in [-0.15, -0.1) is 0 Å². The molecule has 0 atom stereocenters. The average molecular weight is 316 g/mol. The van der Waals surface area contributed by atoms with Crippen LogP contribution in [0.2, 0.25) is 0 Å². The van der Waals surface area contributed by atoms with Gasteiger partial charge >= 0.3 is 0 Å². The van der Waals surface area contributed by atoms with Crippen molar-refractivity contribution >= 4 is 21.6 Å². The highest BCUT2D eigenvalue weighted by Gasteiger charge is 2.41. The molecule has 2 N–H and O–H groups in total. The summed E-state index contributed by atoms with van der Waals surface area (Å²) < 4.78 is 1.94. The molecule has 1 fully saturated rings. The van der Waals surface area contributed by atoms with Crippen LogP contribution in [-0.2, 0) is 0 Å². The van der Waals surface area contributed by atoms with Gasteiger partial charge in [0.15, 0.2) is 0 Å². The normalized spacial score (nSPS) is 16.9. The lowest BCUT2D eigenvalue weighted by atomic mass is 10.1. The predicted octanol–water partition coefficient (Wildman–Crippen LogP) is 1.77. The number of anilines is 1. The van der Waals surface area contributed by atoms with Gasteiger partial charge < -0.3 is 10.4 Å². The number of aliphatic hydroxyl groups excluding tert-OH is 1. The second-order valence-corrected chi connectivity index (χ2v) is 6.02. The van der Waals surface area contributed by atoms with Gasteiger partial charge in [-0.05, 0) is 42.6 Å². The Hall–Kier alpha value is -0.880. The van der Waals surface area contributed by atoms with E-state index in [0.717, 1.165) is 12.8 Å². The summed E-state index contributed by atoms with van der Waals surface area (Å²) in [5, 5.41) is 16.6. The molecule has 5 nitrogen and oxygen atoms in total. The molecule has 1 aromatic heterocycles. The summed E-state index contributed by atoms with van der Waals surface area (Å²) in [6.07, 6.45) is 3.72. The molecule has 0 radical (unpaired) electrons. The van der Waals surface area contributed by atoms with Crippen LogP contribution in [0, 0.1) is 5.41 Å². The van der Waals surface area contributed by atoms with E-state index in [1.807, 2.05) is 13.8 Å². The van der Waals surface area contributed by atoms with E-state index in [1.54, 1.807) is 6.20 Å². The van der Waals surface area contributed by atoms with Crippen molar-refractivity contribution in [2.45, 2.75) is 32.7 Å². The summed E-state index contributed by atoms with van der Waals surface area (Å²) >= 11 is 3.31. The number of aromatic nitrogens is 2. The third-order valence-electron chi connectivity index (χ3n) is 3.38. The topological polar surface area (TPSA) is 67.2 Å². The van der Waals surface area contributed by atoms with Gasteiger partial charge in [0.2, 0.25) is 0 Å². The maximum atomic E-state index is 12.0. The van der Waals surface area contributed by atoms with Crippen molar-refractivity contribution in [1.82, 2.24) is 9.78 Å². The summed E-state index contributed by atoms with van der Waals surface area (Å²) in [6, 6.07) is 0.0371. The van der Waals surface area contributed by atoms with Crippen LogP contribution in [0.25, 0.3) is 0 Å². The number of rotatable bonds is 5. The number of nitrogens with one attached hydrogen (secondary N) is 1. The minimum atomic E-state index is -0.135. The molecule has 100 valence electrons. The minimum absolute atomic E-state index is 0.00630. The first kappa shape index (κ1) is 13.5. The molecule has 18 heavy (non-hydrogen) atoms. The second kappa shape index (κ2) is 5.01. The molecular formula is C12H18BrN3O2. The van der Waals surface area contributed by atoms with Gasteiger partial charge in [-0.2, -0.15) is 5.10 Å². The quantitative estimate of drug-likeness (QED) is 0.869. The summed E-state index contributed by atoms with van der Waals surface area (Å²) in [5.74, 6) is 0. The first-order valence-electron chi connectivity index (χ1n) is 6.11. The predicted molar refractivity (Wildman–Crippen MR) is 73.8 cm³/mol. The van der Waals surface area contributed by atoms with E-state index in [-0.39, 0.29) is 23.6 Å². The first-order chi connectivity index (χ1) is 8.49. The van der Waals surface area contributed by atoms with Crippen molar-refractivity contribution in [2.24, 2.45) is 5.41 Å². The Kier molecular flexibility index (Phi) is 3.77. The summed E-state index contributed by atoms with van der Waals surface area (Å²) in [7, 11) is 0. The van der Waals surface area contributed by atoms with Gasteiger partial charge in [0, 0.05) is 12.0 Å². The summed E-state index contributed by atoms with van der Waals surface area (Å²) in [4.78, 5) is 12.0. The maximum absolute atomic E-state index is 12.0. The zero-order chi connectivity index (χ0) is 13.3. The number of halogens is 1. The minimum Gasteiger partial charge on any atom is -0.396 e. The number of nitrogens with zero attached hydrogens (tertiary/aromatic N) is 2. The van der Waals surface area contributed by atoms with Crippen molar-refractivity contribution in [3.8, 4) is 0 Å². The molecular weight excluding hydrogens is 298 g/mol. The second-order valence-electron chi connectivity index (χ2n) is 5.23. The summed E-state index contributed by atoms with van der Waals surface area (Å²) in [5.41, 5.74) is 0.562. The molecule has 1 aliphatic carbocycles.